The topological polar surface area (TPSA) is 47.6 Å². The first-order chi connectivity index (χ1) is 17.0. The van der Waals surface area contributed by atoms with Gasteiger partial charge in [0, 0.05) is 24.1 Å². The van der Waals surface area contributed by atoms with Gasteiger partial charge in [0.05, 0.1) is 12.7 Å². The predicted molar refractivity (Wildman–Crippen MR) is 140 cm³/mol. The van der Waals surface area contributed by atoms with Crippen molar-refractivity contribution in [3.05, 3.63) is 113 Å². The zero-order valence-electron chi connectivity index (χ0n) is 20.5. The van der Waals surface area contributed by atoms with Gasteiger partial charge in [-0.3, -0.25) is 0 Å². The van der Waals surface area contributed by atoms with Crippen LogP contribution in [0.2, 0.25) is 0 Å². The SMILES string of the molecule is COC(=O)c1cc(C2C[C@H](CNC(C)c3cccc4ccccc34)Oc3ccccc32)ccc1C. The molecule has 0 saturated heterocycles. The van der Waals surface area contributed by atoms with Crippen LogP contribution in [-0.4, -0.2) is 25.7 Å². The van der Waals surface area contributed by atoms with Gasteiger partial charge < -0.3 is 14.8 Å². The fraction of sp³-hybridized carbons (Fsp3) is 0.258. The summed E-state index contributed by atoms with van der Waals surface area (Å²) in [5.41, 5.74) is 5.10. The maximum atomic E-state index is 12.3. The van der Waals surface area contributed by atoms with Gasteiger partial charge in [0.25, 0.3) is 0 Å². The number of hydrogen-bond acceptors (Lipinski definition) is 4. The second-order valence-electron chi connectivity index (χ2n) is 9.33. The lowest BCUT2D eigenvalue weighted by molar-refractivity contribution is 0.0599. The summed E-state index contributed by atoms with van der Waals surface area (Å²) in [6.45, 7) is 4.87. The Labute approximate surface area is 206 Å². The van der Waals surface area contributed by atoms with Crippen LogP contribution >= 0.6 is 0 Å². The number of esters is 1. The molecule has 1 N–H and O–H groups in total. The number of para-hydroxylation sites is 1. The van der Waals surface area contributed by atoms with Gasteiger partial charge in [-0.15, -0.1) is 0 Å². The fourth-order valence-electron chi connectivity index (χ4n) is 5.17. The molecule has 1 heterocycles. The minimum absolute atomic E-state index is 0.00945. The van der Waals surface area contributed by atoms with Crippen molar-refractivity contribution < 1.29 is 14.3 Å². The van der Waals surface area contributed by atoms with E-state index in [4.69, 9.17) is 9.47 Å². The summed E-state index contributed by atoms with van der Waals surface area (Å²) >= 11 is 0. The van der Waals surface area contributed by atoms with Crippen LogP contribution in [0.4, 0.5) is 0 Å². The van der Waals surface area contributed by atoms with Crippen molar-refractivity contribution in [2.24, 2.45) is 0 Å². The number of nitrogens with one attached hydrogen (secondary N) is 1. The summed E-state index contributed by atoms with van der Waals surface area (Å²) in [5, 5.41) is 6.24. The van der Waals surface area contributed by atoms with Crippen molar-refractivity contribution in [2.45, 2.75) is 38.3 Å². The molecule has 2 unspecified atom stereocenters. The molecule has 1 aliphatic rings. The van der Waals surface area contributed by atoms with Crippen LogP contribution in [0.5, 0.6) is 5.75 Å². The minimum Gasteiger partial charge on any atom is -0.489 e. The lowest BCUT2D eigenvalue weighted by Crippen LogP contribution is -2.37. The van der Waals surface area contributed by atoms with E-state index in [1.807, 2.05) is 37.3 Å². The highest BCUT2D eigenvalue weighted by Crippen LogP contribution is 2.41. The standard InChI is InChI=1S/C31H31NO3/c1-20-15-16-23(17-28(20)31(33)34-3)29-18-24(35-30-14-7-6-12-27(29)30)19-32-21(2)25-13-8-10-22-9-4-5-11-26(22)25/h4-17,21,24,29,32H,18-19H2,1-3H3/t21?,24-,29?/m1/s1. The van der Waals surface area contributed by atoms with Crippen LogP contribution in [-0.2, 0) is 4.74 Å². The Kier molecular flexibility index (Phi) is 6.56. The van der Waals surface area contributed by atoms with Crippen molar-refractivity contribution in [1.82, 2.24) is 5.32 Å². The molecule has 0 amide bonds. The fourth-order valence-corrected chi connectivity index (χ4v) is 5.17. The molecule has 4 nitrogen and oxygen atoms in total. The van der Waals surface area contributed by atoms with E-state index in [-0.39, 0.29) is 24.0 Å². The van der Waals surface area contributed by atoms with E-state index in [1.165, 1.54) is 23.4 Å². The number of methoxy groups -OCH3 is 1. The van der Waals surface area contributed by atoms with E-state index in [0.717, 1.165) is 35.4 Å². The van der Waals surface area contributed by atoms with E-state index >= 15 is 0 Å². The molecule has 0 saturated carbocycles. The van der Waals surface area contributed by atoms with Gasteiger partial charge in [0.2, 0.25) is 0 Å². The molecule has 4 heteroatoms. The zero-order valence-corrected chi connectivity index (χ0v) is 20.5. The monoisotopic (exact) mass is 465 g/mol. The van der Waals surface area contributed by atoms with E-state index in [1.54, 1.807) is 0 Å². The average molecular weight is 466 g/mol. The first-order valence-electron chi connectivity index (χ1n) is 12.2. The summed E-state index contributed by atoms with van der Waals surface area (Å²) in [4.78, 5) is 12.3. The zero-order chi connectivity index (χ0) is 24.4. The molecule has 0 spiro atoms. The first-order valence-corrected chi connectivity index (χ1v) is 12.2. The first kappa shape index (κ1) is 23.1. The molecule has 4 aromatic rings. The van der Waals surface area contributed by atoms with E-state index in [2.05, 4.69) is 66.8 Å². The quantitative estimate of drug-likeness (QED) is 0.327. The molecular weight excluding hydrogens is 434 g/mol. The molecule has 3 atom stereocenters. The van der Waals surface area contributed by atoms with Gasteiger partial charge in [-0.25, -0.2) is 4.79 Å². The highest BCUT2D eigenvalue weighted by atomic mass is 16.5. The Morgan fingerprint density at radius 1 is 1.03 bits per heavy atom. The molecule has 178 valence electrons. The van der Waals surface area contributed by atoms with Gasteiger partial charge in [0.1, 0.15) is 11.9 Å². The molecule has 1 aliphatic heterocycles. The normalized spacial score (nSPS) is 17.9. The third-order valence-corrected chi connectivity index (χ3v) is 7.10. The Morgan fingerprint density at radius 3 is 2.66 bits per heavy atom. The van der Waals surface area contributed by atoms with E-state index in [9.17, 15) is 4.79 Å². The number of benzene rings is 4. The van der Waals surface area contributed by atoms with E-state index < -0.39 is 0 Å². The van der Waals surface area contributed by atoms with Crippen molar-refractivity contribution in [3.63, 3.8) is 0 Å². The second-order valence-corrected chi connectivity index (χ2v) is 9.33. The number of aryl methyl sites for hydroxylation is 1. The van der Waals surface area contributed by atoms with Crippen LogP contribution < -0.4 is 10.1 Å². The smallest absolute Gasteiger partial charge is 0.338 e. The van der Waals surface area contributed by atoms with Gasteiger partial charge in [-0.1, -0.05) is 72.8 Å². The lowest BCUT2D eigenvalue weighted by atomic mass is 9.83. The molecular formula is C31H31NO3. The van der Waals surface area contributed by atoms with Gasteiger partial charge >= 0.3 is 5.97 Å². The summed E-state index contributed by atoms with van der Waals surface area (Å²) < 4.78 is 11.4. The Morgan fingerprint density at radius 2 is 1.80 bits per heavy atom. The molecule has 0 bridgehead atoms. The van der Waals surface area contributed by atoms with Crippen molar-refractivity contribution in [3.8, 4) is 5.75 Å². The number of carbonyl (C=O) groups is 1. The summed E-state index contributed by atoms with van der Waals surface area (Å²) in [6, 6.07) is 29.5. The number of ether oxygens (including phenoxy) is 2. The third kappa shape index (κ3) is 4.67. The Bertz CT molecular complexity index is 1360. The summed E-state index contributed by atoms with van der Waals surface area (Å²) in [5.74, 6) is 0.754. The second kappa shape index (κ2) is 9.93. The Hall–Kier alpha value is -3.63. The molecule has 5 rings (SSSR count). The average Bonchev–Trinajstić information content (AvgIpc) is 2.90. The molecule has 0 aliphatic carbocycles. The highest BCUT2D eigenvalue weighted by molar-refractivity contribution is 5.91. The third-order valence-electron chi connectivity index (χ3n) is 7.10. The molecule has 0 radical (unpaired) electrons. The molecule has 35 heavy (non-hydrogen) atoms. The number of rotatable bonds is 6. The summed E-state index contributed by atoms with van der Waals surface area (Å²) in [6.07, 6.45) is 0.839. The number of carbonyl (C=O) groups excluding carboxylic acids is 1. The van der Waals surface area contributed by atoms with Crippen LogP contribution in [0.3, 0.4) is 0 Å². The largest absolute Gasteiger partial charge is 0.489 e. The minimum atomic E-state index is -0.299. The van der Waals surface area contributed by atoms with E-state index in [0.29, 0.717) is 5.56 Å². The number of fused-ring (bicyclic) bond motifs is 2. The van der Waals surface area contributed by atoms with Gasteiger partial charge in [-0.05, 0) is 59.9 Å². The number of hydrogen-bond donors (Lipinski definition) is 1. The Balaban J connectivity index is 1.39. The van der Waals surface area contributed by atoms with Crippen LogP contribution in [0, 0.1) is 6.92 Å². The van der Waals surface area contributed by atoms with Crippen LogP contribution in [0.1, 0.15) is 57.9 Å². The summed E-state index contributed by atoms with van der Waals surface area (Å²) in [7, 11) is 1.43. The van der Waals surface area contributed by atoms with Crippen LogP contribution in [0.25, 0.3) is 10.8 Å². The molecule has 0 fully saturated rings. The molecule has 0 aromatic heterocycles. The van der Waals surface area contributed by atoms with Gasteiger partial charge in [0.15, 0.2) is 0 Å². The molecule has 4 aromatic carbocycles. The maximum Gasteiger partial charge on any atom is 0.338 e. The van der Waals surface area contributed by atoms with Crippen molar-refractivity contribution >= 4 is 16.7 Å². The van der Waals surface area contributed by atoms with Crippen LogP contribution in [0.15, 0.2) is 84.9 Å². The van der Waals surface area contributed by atoms with Crippen molar-refractivity contribution in [1.29, 1.82) is 0 Å². The lowest BCUT2D eigenvalue weighted by Gasteiger charge is -2.33. The van der Waals surface area contributed by atoms with Crippen molar-refractivity contribution in [2.75, 3.05) is 13.7 Å². The highest BCUT2D eigenvalue weighted by Gasteiger charge is 2.30. The predicted octanol–water partition coefficient (Wildman–Crippen LogP) is 6.57. The maximum absolute atomic E-state index is 12.3. The van der Waals surface area contributed by atoms with Gasteiger partial charge in [-0.2, -0.15) is 0 Å².